The van der Waals surface area contributed by atoms with Crippen LogP contribution in [-0.2, 0) is 15.4 Å². The van der Waals surface area contributed by atoms with Gasteiger partial charge in [0.25, 0.3) is 0 Å². The van der Waals surface area contributed by atoms with Crippen LogP contribution in [0.2, 0.25) is 0 Å². The maximum absolute atomic E-state index is 11.9. The molecule has 0 spiro atoms. The number of carbonyl (C=O) groups excluding carboxylic acids is 1. The molecule has 1 aliphatic rings. The van der Waals surface area contributed by atoms with Crippen molar-refractivity contribution in [2.75, 3.05) is 18.5 Å². The minimum absolute atomic E-state index is 0.0246. The second-order valence-electron chi connectivity index (χ2n) is 4.24. The highest BCUT2D eigenvalue weighted by atomic mass is 35.5. The van der Waals surface area contributed by atoms with Gasteiger partial charge in [-0.1, -0.05) is 12.1 Å². The molecular weight excluding hydrogens is 238 g/mol. The van der Waals surface area contributed by atoms with Crippen LogP contribution in [0.25, 0.3) is 0 Å². The summed E-state index contributed by atoms with van der Waals surface area (Å²) in [5, 5.41) is 2.91. The lowest BCUT2D eigenvalue weighted by molar-refractivity contribution is -0.123. The summed E-state index contributed by atoms with van der Waals surface area (Å²) in [6.07, 6.45) is 1.86. The van der Waals surface area contributed by atoms with Gasteiger partial charge >= 0.3 is 0 Å². The summed E-state index contributed by atoms with van der Waals surface area (Å²) >= 11 is 5.75. The lowest BCUT2D eigenvalue weighted by atomic mass is 10.0. The Morgan fingerprint density at radius 1 is 1.53 bits per heavy atom. The first-order chi connectivity index (χ1) is 8.29. The molecule has 3 nitrogen and oxygen atoms in total. The topological polar surface area (TPSA) is 38.3 Å². The van der Waals surface area contributed by atoms with Crippen molar-refractivity contribution in [3.05, 3.63) is 29.8 Å². The lowest BCUT2D eigenvalue weighted by Crippen LogP contribution is -2.30. The smallest absolute Gasteiger partial charge is 0.229 e. The van der Waals surface area contributed by atoms with Gasteiger partial charge in [-0.15, -0.1) is 11.6 Å². The number of anilines is 1. The van der Waals surface area contributed by atoms with E-state index in [9.17, 15) is 4.79 Å². The molecule has 92 valence electrons. The second-order valence-corrected chi connectivity index (χ2v) is 4.50. The van der Waals surface area contributed by atoms with Crippen LogP contribution in [0.3, 0.4) is 0 Å². The van der Waals surface area contributed by atoms with E-state index < -0.39 is 0 Å². The van der Waals surface area contributed by atoms with Crippen molar-refractivity contribution >= 4 is 23.2 Å². The molecule has 0 aliphatic carbocycles. The van der Waals surface area contributed by atoms with Crippen LogP contribution in [0, 0.1) is 5.92 Å². The van der Waals surface area contributed by atoms with Crippen LogP contribution < -0.4 is 5.32 Å². The van der Waals surface area contributed by atoms with Crippen LogP contribution in [0.15, 0.2) is 24.3 Å². The average Bonchev–Trinajstić information content (AvgIpc) is 2.40. The van der Waals surface area contributed by atoms with Crippen molar-refractivity contribution in [2.24, 2.45) is 5.92 Å². The Kier molecular flexibility index (Phi) is 4.40. The van der Waals surface area contributed by atoms with Crippen LogP contribution in [0.5, 0.6) is 0 Å². The first kappa shape index (κ1) is 12.4. The van der Waals surface area contributed by atoms with Crippen molar-refractivity contribution in [3.8, 4) is 0 Å². The zero-order valence-corrected chi connectivity index (χ0v) is 10.4. The second kappa shape index (κ2) is 6.03. The minimum Gasteiger partial charge on any atom is -0.381 e. The van der Waals surface area contributed by atoms with E-state index in [1.807, 2.05) is 24.3 Å². The molecule has 0 bridgehead atoms. The van der Waals surface area contributed by atoms with Gasteiger partial charge in [0.2, 0.25) is 5.91 Å². The van der Waals surface area contributed by atoms with E-state index >= 15 is 0 Å². The Bertz CT molecular complexity index is 389. The number of rotatable bonds is 3. The van der Waals surface area contributed by atoms with Gasteiger partial charge in [-0.05, 0) is 30.5 Å². The van der Waals surface area contributed by atoms with E-state index in [1.165, 1.54) is 0 Å². The third-order valence-electron chi connectivity index (χ3n) is 2.88. The maximum Gasteiger partial charge on any atom is 0.229 e. The van der Waals surface area contributed by atoms with Crippen LogP contribution in [0.4, 0.5) is 5.69 Å². The predicted molar refractivity (Wildman–Crippen MR) is 68.2 cm³/mol. The number of nitrogens with one attached hydrogen (secondary N) is 1. The van der Waals surface area contributed by atoms with Crippen molar-refractivity contribution < 1.29 is 9.53 Å². The quantitative estimate of drug-likeness (QED) is 0.842. The molecule has 17 heavy (non-hydrogen) atoms. The molecule has 4 heteroatoms. The predicted octanol–water partition coefficient (Wildman–Crippen LogP) is 2.79. The first-order valence-electron chi connectivity index (χ1n) is 5.83. The Morgan fingerprint density at radius 2 is 2.41 bits per heavy atom. The number of carbonyl (C=O) groups is 1. The molecule has 1 amide bonds. The fourth-order valence-corrected chi connectivity index (χ4v) is 2.09. The van der Waals surface area contributed by atoms with E-state index in [-0.39, 0.29) is 11.8 Å². The number of hydrogen-bond acceptors (Lipinski definition) is 2. The molecule has 1 saturated heterocycles. The SMILES string of the molecule is O=C(Nc1cccc(CCl)c1)C1CCCOC1. The van der Waals surface area contributed by atoms with E-state index in [0.29, 0.717) is 12.5 Å². The van der Waals surface area contributed by atoms with Gasteiger partial charge in [0.1, 0.15) is 0 Å². The average molecular weight is 254 g/mol. The molecular formula is C13H16ClNO2. The summed E-state index contributed by atoms with van der Waals surface area (Å²) in [6, 6.07) is 7.60. The number of ether oxygens (including phenoxy) is 1. The van der Waals surface area contributed by atoms with Gasteiger partial charge in [0.15, 0.2) is 0 Å². The van der Waals surface area contributed by atoms with E-state index in [4.69, 9.17) is 16.3 Å². The van der Waals surface area contributed by atoms with Crippen molar-refractivity contribution in [2.45, 2.75) is 18.7 Å². The molecule has 0 aromatic heterocycles. The molecule has 0 saturated carbocycles. The number of amides is 1. The summed E-state index contributed by atoms with van der Waals surface area (Å²) in [5.41, 5.74) is 1.81. The van der Waals surface area contributed by atoms with Gasteiger partial charge in [0, 0.05) is 18.2 Å². The number of benzene rings is 1. The summed E-state index contributed by atoms with van der Waals surface area (Å²) in [7, 11) is 0. The molecule has 1 aromatic carbocycles. The fraction of sp³-hybridized carbons (Fsp3) is 0.462. The molecule has 1 aromatic rings. The Morgan fingerprint density at radius 3 is 3.12 bits per heavy atom. The molecule has 0 radical (unpaired) electrons. The molecule has 2 rings (SSSR count). The lowest BCUT2D eigenvalue weighted by Gasteiger charge is -2.21. The van der Waals surface area contributed by atoms with Gasteiger partial charge in [0.05, 0.1) is 12.5 Å². The number of hydrogen-bond donors (Lipinski definition) is 1. The third-order valence-corrected chi connectivity index (χ3v) is 3.19. The van der Waals surface area contributed by atoms with Crippen LogP contribution in [0.1, 0.15) is 18.4 Å². The summed E-state index contributed by atoms with van der Waals surface area (Å²) in [4.78, 5) is 11.9. The van der Waals surface area contributed by atoms with Crippen molar-refractivity contribution in [1.82, 2.24) is 0 Å². The Hall–Kier alpha value is -1.06. The maximum atomic E-state index is 11.9. The summed E-state index contributed by atoms with van der Waals surface area (Å²) < 4.78 is 5.30. The van der Waals surface area contributed by atoms with E-state index in [1.54, 1.807) is 0 Å². The fourth-order valence-electron chi connectivity index (χ4n) is 1.92. The summed E-state index contributed by atoms with van der Waals surface area (Å²) in [5.74, 6) is 0.468. The van der Waals surface area contributed by atoms with Crippen LogP contribution >= 0.6 is 11.6 Å². The zero-order chi connectivity index (χ0) is 12.1. The Labute approximate surface area is 106 Å². The van der Waals surface area contributed by atoms with Crippen molar-refractivity contribution in [1.29, 1.82) is 0 Å². The van der Waals surface area contributed by atoms with Gasteiger partial charge in [-0.25, -0.2) is 0 Å². The van der Waals surface area contributed by atoms with Gasteiger partial charge in [-0.3, -0.25) is 4.79 Å². The number of alkyl halides is 1. The third kappa shape index (κ3) is 3.45. The monoisotopic (exact) mass is 253 g/mol. The highest BCUT2D eigenvalue weighted by Gasteiger charge is 2.21. The zero-order valence-electron chi connectivity index (χ0n) is 9.62. The molecule has 1 atom stereocenters. The molecule has 1 unspecified atom stereocenters. The normalized spacial score (nSPS) is 19.9. The molecule has 1 aliphatic heterocycles. The Balaban J connectivity index is 1.96. The van der Waals surface area contributed by atoms with Gasteiger partial charge in [-0.2, -0.15) is 0 Å². The first-order valence-corrected chi connectivity index (χ1v) is 6.36. The highest BCUT2D eigenvalue weighted by molar-refractivity contribution is 6.17. The minimum atomic E-state index is -0.0246. The van der Waals surface area contributed by atoms with Crippen LogP contribution in [-0.4, -0.2) is 19.1 Å². The van der Waals surface area contributed by atoms with Gasteiger partial charge < -0.3 is 10.1 Å². The standard InChI is InChI=1S/C13H16ClNO2/c14-8-10-3-1-5-12(7-10)15-13(16)11-4-2-6-17-9-11/h1,3,5,7,11H,2,4,6,8-9H2,(H,15,16). The van der Waals surface area contributed by atoms with E-state index in [0.717, 1.165) is 30.7 Å². The van der Waals surface area contributed by atoms with E-state index in [2.05, 4.69) is 5.32 Å². The molecule has 1 fully saturated rings. The molecule has 1 N–H and O–H groups in total. The highest BCUT2D eigenvalue weighted by Crippen LogP contribution is 2.17. The number of halogens is 1. The molecule has 1 heterocycles. The summed E-state index contributed by atoms with van der Waals surface area (Å²) in [6.45, 7) is 1.30. The van der Waals surface area contributed by atoms with Crippen molar-refractivity contribution in [3.63, 3.8) is 0 Å². The largest absolute Gasteiger partial charge is 0.381 e.